The molecule has 3 aliphatic rings. The van der Waals surface area contributed by atoms with Crippen molar-refractivity contribution < 1.29 is 14.4 Å². The summed E-state index contributed by atoms with van der Waals surface area (Å²) in [6.07, 6.45) is 5.59. The third-order valence-electron chi connectivity index (χ3n) is 8.55. The molecule has 0 bridgehead atoms. The fourth-order valence-corrected chi connectivity index (χ4v) is 6.42. The molecule has 3 amide bonds. The van der Waals surface area contributed by atoms with Gasteiger partial charge in [0.25, 0.3) is 11.8 Å². The van der Waals surface area contributed by atoms with E-state index in [1.165, 1.54) is 4.90 Å². The van der Waals surface area contributed by atoms with E-state index >= 15 is 0 Å². The van der Waals surface area contributed by atoms with E-state index in [1.807, 2.05) is 54.6 Å². The molecule has 8 heteroatoms. The van der Waals surface area contributed by atoms with Crippen LogP contribution >= 0.6 is 12.4 Å². The van der Waals surface area contributed by atoms with Crippen LogP contribution in [0.25, 0.3) is 10.8 Å². The Balaban J connectivity index is 0.00000308. The minimum absolute atomic E-state index is 0. The highest BCUT2D eigenvalue weighted by Crippen LogP contribution is 2.36. The lowest BCUT2D eigenvalue weighted by atomic mass is 9.85. The van der Waals surface area contributed by atoms with Crippen LogP contribution in [-0.4, -0.2) is 65.9 Å². The number of halogens is 1. The average molecular weight is 547 g/mol. The van der Waals surface area contributed by atoms with E-state index in [0.29, 0.717) is 24.3 Å². The minimum Gasteiger partial charge on any atom is -0.339 e. The van der Waals surface area contributed by atoms with E-state index in [2.05, 4.69) is 27.2 Å². The average Bonchev–Trinajstić information content (AvgIpc) is 3.27. The summed E-state index contributed by atoms with van der Waals surface area (Å²) in [6, 6.07) is 21.5. The Morgan fingerprint density at radius 3 is 1.97 bits per heavy atom. The first-order valence-corrected chi connectivity index (χ1v) is 13.8. The van der Waals surface area contributed by atoms with Crippen molar-refractivity contribution in [1.29, 1.82) is 0 Å². The third-order valence-corrected chi connectivity index (χ3v) is 8.55. The first kappa shape index (κ1) is 27.2. The van der Waals surface area contributed by atoms with Crippen molar-refractivity contribution in [3.8, 4) is 0 Å². The van der Waals surface area contributed by atoms with Gasteiger partial charge < -0.3 is 15.1 Å². The normalized spacial score (nSPS) is 18.5. The predicted octanol–water partition coefficient (Wildman–Crippen LogP) is 4.85. The Morgan fingerprint density at radius 1 is 0.718 bits per heavy atom. The Labute approximate surface area is 235 Å². The largest absolute Gasteiger partial charge is 0.339 e. The molecule has 2 fully saturated rings. The molecule has 0 aromatic heterocycles. The van der Waals surface area contributed by atoms with E-state index in [0.717, 1.165) is 74.6 Å². The highest BCUT2D eigenvalue weighted by Gasteiger charge is 2.50. The minimum atomic E-state index is -0.436. The summed E-state index contributed by atoms with van der Waals surface area (Å²) < 4.78 is 0. The maximum atomic E-state index is 13.0. The molecule has 2 saturated heterocycles. The van der Waals surface area contributed by atoms with Crippen LogP contribution in [0.3, 0.4) is 0 Å². The molecule has 0 atom stereocenters. The summed E-state index contributed by atoms with van der Waals surface area (Å²) in [5.74, 6) is -0.203. The Bertz CT molecular complexity index is 1320. The summed E-state index contributed by atoms with van der Waals surface area (Å²) in [5.41, 5.74) is 1.92. The zero-order valence-corrected chi connectivity index (χ0v) is 22.9. The maximum Gasteiger partial charge on any atom is 0.261 e. The van der Waals surface area contributed by atoms with Gasteiger partial charge in [-0.15, -0.1) is 12.4 Å². The van der Waals surface area contributed by atoms with Gasteiger partial charge in [-0.1, -0.05) is 55.3 Å². The number of carbonyl (C=O) groups excluding carboxylic acids is 3. The SMILES string of the molecule is Cl.O=C1c2cccc3cccc(c23)C(=O)N1CCCCCCN1CCC2(CC1)C(=O)NCN2c1ccccc1. The number of likely N-dealkylation sites (tertiary alicyclic amines) is 1. The van der Waals surface area contributed by atoms with Crippen LogP contribution < -0.4 is 10.2 Å². The number of hydrogen-bond donors (Lipinski definition) is 1. The van der Waals surface area contributed by atoms with Gasteiger partial charge in [0.1, 0.15) is 5.54 Å². The van der Waals surface area contributed by atoms with Gasteiger partial charge in [-0.3, -0.25) is 19.3 Å². The third kappa shape index (κ3) is 4.90. The number of rotatable bonds is 8. The lowest BCUT2D eigenvalue weighted by Gasteiger charge is -2.43. The van der Waals surface area contributed by atoms with Crippen molar-refractivity contribution >= 4 is 46.6 Å². The first-order chi connectivity index (χ1) is 18.6. The zero-order chi connectivity index (χ0) is 26.1. The zero-order valence-electron chi connectivity index (χ0n) is 22.1. The first-order valence-electron chi connectivity index (χ1n) is 13.8. The fraction of sp³-hybridized carbons (Fsp3) is 0.387. The molecule has 3 aromatic rings. The molecule has 0 radical (unpaired) electrons. The summed E-state index contributed by atoms with van der Waals surface area (Å²) in [5, 5.41) is 4.79. The topological polar surface area (TPSA) is 73.0 Å². The number of unbranched alkanes of at least 4 members (excludes halogenated alkanes) is 3. The number of imide groups is 1. The second-order valence-electron chi connectivity index (χ2n) is 10.7. The van der Waals surface area contributed by atoms with Gasteiger partial charge in [-0.05, 0) is 61.9 Å². The molecule has 1 N–H and O–H groups in total. The highest BCUT2D eigenvalue weighted by atomic mass is 35.5. The summed E-state index contributed by atoms with van der Waals surface area (Å²) in [6.45, 7) is 3.88. The summed E-state index contributed by atoms with van der Waals surface area (Å²) in [7, 11) is 0. The fourth-order valence-electron chi connectivity index (χ4n) is 6.42. The van der Waals surface area contributed by atoms with Crippen LogP contribution in [0.5, 0.6) is 0 Å². The number of anilines is 1. The molecular formula is C31H35ClN4O3. The second kappa shape index (κ2) is 11.4. The maximum absolute atomic E-state index is 13.0. The summed E-state index contributed by atoms with van der Waals surface area (Å²) >= 11 is 0. The molecule has 6 rings (SSSR count). The number of carbonyl (C=O) groups is 3. The Hall–Kier alpha value is -3.42. The number of amides is 3. The molecule has 1 spiro atoms. The van der Waals surface area contributed by atoms with E-state index in [9.17, 15) is 14.4 Å². The van der Waals surface area contributed by atoms with Gasteiger partial charge in [0.15, 0.2) is 0 Å². The Morgan fingerprint density at radius 2 is 1.33 bits per heavy atom. The van der Waals surface area contributed by atoms with Crippen molar-refractivity contribution in [1.82, 2.24) is 15.1 Å². The van der Waals surface area contributed by atoms with E-state index in [1.54, 1.807) is 0 Å². The molecule has 0 aliphatic carbocycles. The number of nitrogens with zero attached hydrogens (tertiary/aromatic N) is 3. The van der Waals surface area contributed by atoms with E-state index < -0.39 is 5.54 Å². The van der Waals surface area contributed by atoms with Crippen LogP contribution in [0.4, 0.5) is 5.69 Å². The van der Waals surface area contributed by atoms with Crippen molar-refractivity contribution in [2.75, 3.05) is 37.7 Å². The number of piperidine rings is 1. The van der Waals surface area contributed by atoms with Crippen molar-refractivity contribution in [3.63, 3.8) is 0 Å². The van der Waals surface area contributed by atoms with Gasteiger partial charge in [-0.2, -0.15) is 0 Å². The highest BCUT2D eigenvalue weighted by molar-refractivity contribution is 6.25. The number of benzene rings is 3. The molecule has 7 nitrogen and oxygen atoms in total. The summed E-state index contributed by atoms with van der Waals surface area (Å²) in [4.78, 5) is 45.1. The van der Waals surface area contributed by atoms with Crippen molar-refractivity contribution in [2.45, 2.75) is 44.1 Å². The van der Waals surface area contributed by atoms with Crippen LogP contribution in [0, 0.1) is 0 Å². The van der Waals surface area contributed by atoms with E-state index in [-0.39, 0.29) is 30.1 Å². The van der Waals surface area contributed by atoms with Gasteiger partial charge >= 0.3 is 0 Å². The lowest BCUT2D eigenvalue weighted by molar-refractivity contribution is -0.125. The lowest BCUT2D eigenvalue weighted by Crippen LogP contribution is -2.56. The molecule has 204 valence electrons. The van der Waals surface area contributed by atoms with Crippen LogP contribution in [0.2, 0.25) is 0 Å². The van der Waals surface area contributed by atoms with Crippen LogP contribution in [0.1, 0.15) is 59.2 Å². The number of hydrogen-bond acceptors (Lipinski definition) is 5. The number of para-hydroxylation sites is 1. The molecule has 0 saturated carbocycles. The van der Waals surface area contributed by atoms with Crippen LogP contribution in [0.15, 0.2) is 66.7 Å². The second-order valence-corrected chi connectivity index (χ2v) is 10.7. The molecule has 3 heterocycles. The molecule has 0 unspecified atom stereocenters. The predicted molar refractivity (Wildman–Crippen MR) is 155 cm³/mol. The van der Waals surface area contributed by atoms with Gasteiger partial charge in [0.2, 0.25) is 5.91 Å². The van der Waals surface area contributed by atoms with Crippen molar-refractivity contribution in [3.05, 3.63) is 77.9 Å². The number of nitrogens with one attached hydrogen (secondary N) is 1. The van der Waals surface area contributed by atoms with Gasteiger partial charge in [-0.25, -0.2) is 0 Å². The van der Waals surface area contributed by atoms with Crippen molar-refractivity contribution in [2.24, 2.45) is 0 Å². The standard InChI is InChI=1S/C31H34N4O3.ClH/c36-28-25-14-8-10-23-11-9-15-26(27(23)25)29(37)34(28)19-7-2-1-6-18-33-20-16-31(17-21-33)30(38)32-22-35(31)24-12-4-3-5-13-24;/h3-5,8-15H,1-2,6-7,16-22H2,(H,32,38);1H. The molecular weight excluding hydrogens is 512 g/mol. The molecule has 39 heavy (non-hydrogen) atoms. The molecule has 3 aliphatic heterocycles. The van der Waals surface area contributed by atoms with E-state index in [4.69, 9.17) is 0 Å². The van der Waals surface area contributed by atoms with Gasteiger partial charge in [0, 0.05) is 41.8 Å². The smallest absolute Gasteiger partial charge is 0.261 e. The monoisotopic (exact) mass is 546 g/mol. The quantitative estimate of drug-likeness (QED) is 0.323. The Kier molecular flexibility index (Phi) is 7.91. The molecule has 3 aromatic carbocycles. The van der Waals surface area contributed by atoms with Gasteiger partial charge in [0.05, 0.1) is 6.67 Å². The van der Waals surface area contributed by atoms with Crippen LogP contribution in [-0.2, 0) is 4.79 Å².